The first-order valence-electron chi connectivity index (χ1n) is 2.90. The number of hydrogen-bond donors (Lipinski definition) is 1. The summed E-state index contributed by atoms with van der Waals surface area (Å²) in [5.74, 6) is -0.223. The van der Waals surface area contributed by atoms with Crippen LogP contribution in [0.5, 0.6) is 0 Å². The van der Waals surface area contributed by atoms with Crippen LogP contribution in [0.15, 0.2) is 6.07 Å². The molecule has 0 saturated heterocycles. The number of nitrogens with zero attached hydrogens (tertiary/aromatic N) is 1. The molecule has 6 heteroatoms. The maximum atomic E-state index is 10.5. The van der Waals surface area contributed by atoms with Crippen molar-refractivity contribution in [2.75, 3.05) is 0 Å². The van der Waals surface area contributed by atoms with Crippen LogP contribution in [0.4, 0.5) is 0 Å². The van der Waals surface area contributed by atoms with Crippen molar-refractivity contribution in [2.45, 2.75) is 12.7 Å². The molecule has 0 amide bonds. The molecule has 11 heavy (non-hydrogen) atoms. The van der Waals surface area contributed by atoms with Gasteiger partial charge in [-0.3, -0.25) is 5.10 Å². The Morgan fingerprint density at radius 3 is 2.73 bits per heavy atom. The molecule has 0 aromatic carbocycles. The number of rotatable bonds is 2. The molecular formula is C5H7ClN2O2S. The van der Waals surface area contributed by atoms with Crippen molar-refractivity contribution < 1.29 is 8.42 Å². The highest BCUT2D eigenvalue weighted by Crippen LogP contribution is 2.07. The number of halogens is 1. The molecule has 0 aliphatic rings. The van der Waals surface area contributed by atoms with E-state index in [9.17, 15) is 8.42 Å². The van der Waals surface area contributed by atoms with Gasteiger partial charge in [0.15, 0.2) is 0 Å². The summed E-state index contributed by atoms with van der Waals surface area (Å²) in [6, 6.07) is 1.64. The van der Waals surface area contributed by atoms with Crippen molar-refractivity contribution in [2.24, 2.45) is 0 Å². The number of aromatic nitrogens is 2. The van der Waals surface area contributed by atoms with Crippen LogP contribution in [-0.4, -0.2) is 18.6 Å². The molecule has 0 radical (unpaired) electrons. The molecule has 1 N–H and O–H groups in total. The lowest BCUT2D eigenvalue weighted by atomic mass is 10.4. The molecule has 0 atom stereocenters. The molecule has 1 heterocycles. The Bertz CT molecular complexity index is 343. The van der Waals surface area contributed by atoms with Gasteiger partial charge in [-0.15, -0.1) is 0 Å². The SMILES string of the molecule is Cc1cc(CS(=O)(=O)Cl)n[nH]1. The standard InChI is InChI=1S/C5H7ClN2O2S/c1-4-2-5(8-7-4)3-11(6,9)10/h2H,3H2,1H3,(H,7,8). The summed E-state index contributed by atoms with van der Waals surface area (Å²) in [5, 5.41) is 6.33. The molecule has 0 bridgehead atoms. The second kappa shape index (κ2) is 2.83. The molecule has 1 aromatic rings. The van der Waals surface area contributed by atoms with E-state index in [0.29, 0.717) is 5.69 Å². The fourth-order valence-electron chi connectivity index (χ4n) is 0.725. The van der Waals surface area contributed by atoms with Gasteiger partial charge < -0.3 is 0 Å². The molecule has 1 rings (SSSR count). The molecule has 0 aliphatic carbocycles. The smallest absolute Gasteiger partial charge is 0.238 e. The number of aryl methyl sites for hydroxylation is 1. The van der Waals surface area contributed by atoms with Gasteiger partial charge in [0, 0.05) is 16.4 Å². The fraction of sp³-hybridized carbons (Fsp3) is 0.400. The Balaban J connectivity index is 2.81. The van der Waals surface area contributed by atoms with Crippen LogP contribution in [0, 0.1) is 6.92 Å². The Morgan fingerprint density at radius 1 is 1.73 bits per heavy atom. The molecule has 0 fully saturated rings. The Kier molecular flexibility index (Phi) is 2.20. The minimum absolute atomic E-state index is 0.223. The molecule has 0 unspecified atom stereocenters. The zero-order valence-electron chi connectivity index (χ0n) is 5.83. The molecule has 0 spiro atoms. The molecular weight excluding hydrogens is 188 g/mol. The van der Waals surface area contributed by atoms with E-state index in [1.165, 1.54) is 0 Å². The second-order valence-electron chi connectivity index (χ2n) is 2.23. The van der Waals surface area contributed by atoms with E-state index in [0.717, 1.165) is 5.69 Å². The zero-order chi connectivity index (χ0) is 8.48. The van der Waals surface area contributed by atoms with Crippen LogP contribution in [0.25, 0.3) is 0 Å². The van der Waals surface area contributed by atoms with Gasteiger partial charge in [-0.05, 0) is 13.0 Å². The van der Waals surface area contributed by atoms with Crippen molar-refractivity contribution in [1.82, 2.24) is 10.2 Å². The Morgan fingerprint density at radius 2 is 2.36 bits per heavy atom. The summed E-state index contributed by atoms with van der Waals surface area (Å²) < 4.78 is 21.0. The van der Waals surface area contributed by atoms with Gasteiger partial charge in [0.1, 0.15) is 5.75 Å². The molecule has 1 aromatic heterocycles. The minimum atomic E-state index is -3.47. The van der Waals surface area contributed by atoms with E-state index in [-0.39, 0.29) is 5.75 Å². The van der Waals surface area contributed by atoms with Crippen molar-refractivity contribution in [3.8, 4) is 0 Å². The zero-order valence-corrected chi connectivity index (χ0v) is 7.41. The highest BCUT2D eigenvalue weighted by atomic mass is 35.7. The van der Waals surface area contributed by atoms with E-state index in [4.69, 9.17) is 10.7 Å². The summed E-state index contributed by atoms with van der Waals surface area (Å²) in [6.07, 6.45) is 0. The molecule has 0 saturated carbocycles. The first kappa shape index (κ1) is 8.55. The van der Waals surface area contributed by atoms with Gasteiger partial charge in [0.25, 0.3) is 0 Å². The van der Waals surface area contributed by atoms with E-state index in [1.54, 1.807) is 13.0 Å². The third kappa shape index (κ3) is 2.90. The first-order valence-corrected chi connectivity index (χ1v) is 5.38. The van der Waals surface area contributed by atoms with Crippen LogP contribution < -0.4 is 0 Å². The van der Waals surface area contributed by atoms with E-state index < -0.39 is 9.05 Å². The van der Waals surface area contributed by atoms with E-state index in [1.807, 2.05) is 0 Å². The van der Waals surface area contributed by atoms with E-state index >= 15 is 0 Å². The lowest BCUT2D eigenvalue weighted by Gasteiger charge is -1.87. The van der Waals surface area contributed by atoms with Gasteiger partial charge in [-0.1, -0.05) is 0 Å². The van der Waals surface area contributed by atoms with Gasteiger partial charge in [-0.25, -0.2) is 8.42 Å². The summed E-state index contributed by atoms with van der Waals surface area (Å²) in [5.41, 5.74) is 1.26. The quantitative estimate of drug-likeness (QED) is 0.708. The predicted molar refractivity (Wildman–Crippen MR) is 41.8 cm³/mol. The van der Waals surface area contributed by atoms with Crippen molar-refractivity contribution in [3.63, 3.8) is 0 Å². The maximum absolute atomic E-state index is 10.5. The number of H-pyrrole nitrogens is 1. The average molecular weight is 195 g/mol. The third-order valence-corrected chi connectivity index (χ3v) is 2.05. The van der Waals surface area contributed by atoms with Gasteiger partial charge >= 0.3 is 0 Å². The highest BCUT2D eigenvalue weighted by Gasteiger charge is 2.08. The van der Waals surface area contributed by atoms with Crippen molar-refractivity contribution in [1.29, 1.82) is 0 Å². The second-order valence-corrected chi connectivity index (χ2v) is 5.00. The summed E-state index contributed by atoms with van der Waals surface area (Å²) in [4.78, 5) is 0. The Labute approximate surface area is 69.0 Å². The van der Waals surface area contributed by atoms with Crippen LogP contribution in [-0.2, 0) is 14.8 Å². The van der Waals surface area contributed by atoms with E-state index in [2.05, 4.69) is 10.2 Å². The van der Waals surface area contributed by atoms with Gasteiger partial charge in [0.05, 0.1) is 5.69 Å². The average Bonchev–Trinajstić information content (AvgIpc) is 2.10. The summed E-state index contributed by atoms with van der Waals surface area (Å²) in [6.45, 7) is 1.79. The summed E-state index contributed by atoms with van der Waals surface area (Å²) in [7, 11) is 1.52. The number of aromatic amines is 1. The third-order valence-electron chi connectivity index (χ3n) is 1.08. The molecule has 0 aliphatic heterocycles. The molecule has 62 valence electrons. The highest BCUT2D eigenvalue weighted by molar-refractivity contribution is 8.13. The van der Waals surface area contributed by atoms with Crippen LogP contribution >= 0.6 is 10.7 Å². The van der Waals surface area contributed by atoms with Gasteiger partial charge in [0.2, 0.25) is 9.05 Å². The lowest BCUT2D eigenvalue weighted by molar-refractivity contribution is 0.608. The topological polar surface area (TPSA) is 62.8 Å². The van der Waals surface area contributed by atoms with Crippen molar-refractivity contribution >= 4 is 19.7 Å². The predicted octanol–water partition coefficient (Wildman–Crippen LogP) is 0.787. The minimum Gasteiger partial charge on any atom is -0.283 e. The lowest BCUT2D eigenvalue weighted by Crippen LogP contribution is -1.94. The first-order chi connectivity index (χ1) is 4.97. The molecule has 4 nitrogen and oxygen atoms in total. The number of hydrogen-bond acceptors (Lipinski definition) is 3. The normalized spacial score (nSPS) is 11.8. The maximum Gasteiger partial charge on any atom is 0.238 e. The Hall–Kier alpha value is -0.550. The van der Waals surface area contributed by atoms with Crippen LogP contribution in [0.1, 0.15) is 11.4 Å². The van der Waals surface area contributed by atoms with Crippen LogP contribution in [0.3, 0.4) is 0 Å². The summed E-state index contributed by atoms with van der Waals surface area (Å²) >= 11 is 0. The largest absolute Gasteiger partial charge is 0.283 e. The van der Waals surface area contributed by atoms with Crippen LogP contribution in [0.2, 0.25) is 0 Å². The van der Waals surface area contributed by atoms with Gasteiger partial charge in [-0.2, -0.15) is 5.10 Å². The monoisotopic (exact) mass is 194 g/mol. The van der Waals surface area contributed by atoms with Crippen molar-refractivity contribution in [3.05, 3.63) is 17.5 Å². The fourth-order valence-corrected chi connectivity index (χ4v) is 1.56. The number of nitrogens with one attached hydrogen (secondary N) is 1.